The number of hydrogen-bond acceptors (Lipinski definition) is 3. The second-order valence-corrected chi connectivity index (χ2v) is 5.31. The van der Waals surface area contributed by atoms with Crippen molar-refractivity contribution in [2.45, 2.75) is 32.7 Å². The van der Waals surface area contributed by atoms with E-state index in [0.29, 0.717) is 5.41 Å². The number of aryl methyl sites for hydroxylation is 1. The van der Waals surface area contributed by atoms with Gasteiger partial charge in [0.15, 0.2) is 0 Å². The molecule has 0 aliphatic heterocycles. The highest BCUT2D eigenvalue weighted by molar-refractivity contribution is 5.37. The van der Waals surface area contributed by atoms with Gasteiger partial charge in [-0.15, -0.1) is 0 Å². The molecule has 3 nitrogen and oxygen atoms in total. The molecule has 1 aromatic carbocycles. The zero-order chi connectivity index (χ0) is 13.0. The maximum absolute atomic E-state index is 5.79. The number of rotatable bonds is 7. The fourth-order valence-electron chi connectivity index (χ4n) is 2.28. The fourth-order valence-corrected chi connectivity index (χ4v) is 2.28. The topological polar surface area (TPSA) is 47.3 Å². The molecule has 0 saturated heterocycles. The summed E-state index contributed by atoms with van der Waals surface area (Å²) in [7, 11) is 1.73. The monoisotopic (exact) mass is 248 g/mol. The Morgan fingerprint density at radius 2 is 2.17 bits per heavy atom. The highest BCUT2D eigenvalue weighted by Gasteiger charge is 2.40. The first kappa shape index (κ1) is 13.4. The van der Waals surface area contributed by atoms with Crippen LogP contribution < -0.4 is 15.8 Å². The van der Waals surface area contributed by atoms with Crippen LogP contribution in [-0.4, -0.2) is 20.2 Å². The summed E-state index contributed by atoms with van der Waals surface area (Å²) in [5.41, 5.74) is 8.76. The maximum Gasteiger partial charge on any atom is 0.123 e. The van der Waals surface area contributed by atoms with Crippen molar-refractivity contribution in [2.75, 3.05) is 20.2 Å². The summed E-state index contributed by atoms with van der Waals surface area (Å²) in [4.78, 5) is 0. The number of benzene rings is 1. The molecule has 1 aliphatic carbocycles. The van der Waals surface area contributed by atoms with Crippen molar-refractivity contribution in [3.05, 3.63) is 29.3 Å². The molecule has 0 amide bonds. The van der Waals surface area contributed by atoms with E-state index in [1.165, 1.54) is 24.0 Å². The van der Waals surface area contributed by atoms with E-state index in [1.807, 2.05) is 0 Å². The van der Waals surface area contributed by atoms with Gasteiger partial charge in [-0.25, -0.2) is 0 Å². The number of nitrogens with two attached hydrogens (primary N) is 1. The van der Waals surface area contributed by atoms with Crippen molar-refractivity contribution in [3.63, 3.8) is 0 Å². The third kappa shape index (κ3) is 3.03. The summed E-state index contributed by atoms with van der Waals surface area (Å²) in [6.07, 6.45) is 3.59. The molecule has 1 fully saturated rings. The lowest BCUT2D eigenvalue weighted by molar-refractivity contribution is 0.404. The van der Waals surface area contributed by atoms with Gasteiger partial charge in [0.1, 0.15) is 5.75 Å². The van der Waals surface area contributed by atoms with Crippen molar-refractivity contribution in [1.29, 1.82) is 0 Å². The van der Waals surface area contributed by atoms with Gasteiger partial charge in [-0.05, 0) is 42.9 Å². The molecule has 1 saturated carbocycles. The third-order valence-corrected chi connectivity index (χ3v) is 3.96. The molecule has 0 radical (unpaired) electrons. The van der Waals surface area contributed by atoms with Crippen LogP contribution in [0.15, 0.2) is 18.2 Å². The van der Waals surface area contributed by atoms with E-state index in [1.54, 1.807) is 7.11 Å². The first-order valence-electron chi connectivity index (χ1n) is 6.79. The molecule has 2 rings (SSSR count). The molecule has 0 atom stereocenters. The van der Waals surface area contributed by atoms with Gasteiger partial charge in [-0.1, -0.05) is 19.1 Å². The summed E-state index contributed by atoms with van der Waals surface area (Å²) < 4.78 is 5.40. The highest BCUT2D eigenvalue weighted by atomic mass is 16.5. The summed E-state index contributed by atoms with van der Waals surface area (Å²) in [5, 5.41) is 3.52. The van der Waals surface area contributed by atoms with Gasteiger partial charge in [0, 0.05) is 18.7 Å². The van der Waals surface area contributed by atoms with Crippen molar-refractivity contribution in [1.82, 2.24) is 5.32 Å². The summed E-state index contributed by atoms with van der Waals surface area (Å²) in [6, 6.07) is 6.42. The van der Waals surface area contributed by atoms with E-state index in [4.69, 9.17) is 10.5 Å². The van der Waals surface area contributed by atoms with Gasteiger partial charge in [0.2, 0.25) is 0 Å². The Hall–Kier alpha value is -1.06. The summed E-state index contributed by atoms with van der Waals surface area (Å²) >= 11 is 0. The Labute approximate surface area is 110 Å². The SMILES string of the molecule is CCc1ccc(OC)c(CNCC2(CN)CC2)c1. The van der Waals surface area contributed by atoms with Crippen LogP contribution in [0.5, 0.6) is 5.75 Å². The molecule has 1 aliphatic rings. The minimum absolute atomic E-state index is 0.385. The number of ether oxygens (including phenoxy) is 1. The largest absolute Gasteiger partial charge is 0.496 e. The van der Waals surface area contributed by atoms with Crippen molar-refractivity contribution >= 4 is 0 Å². The van der Waals surface area contributed by atoms with E-state index in [-0.39, 0.29) is 0 Å². The van der Waals surface area contributed by atoms with Crippen molar-refractivity contribution in [3.8, 4) is 5.75 Å². The van der Waals surface area contributed by atoms with Crippen LogP contribution in [0.4, 0.5) is 0 Å². The minimum Gasteiger partial charge on any atom is -0.496 e. The quantitative estimate of drug-likeness (QED) is 0.776. The van der Waals surface area contributed by atoms with Crippen LogP contribution >= 0.6 is 0 Å². The van der Waals surface area contributed by atoms with Crippen LogP contribution in [0.1, 0.15) is 30.9 Å². The molecular weight excluding hydrogens is 224 g/mol. The fraction of sp³-hybridized carbons (Fsp3) is 0.600. The lowest BCUT2D eigenvalue weighted by Gasteiger charge is -2.15. The number of nitrogens with one attached hydrogen (secondary N) is 1. The van der Waals surface area contributed by atoms with Gasteiger partial charge in [0.25, 0.3) is 0 Å². The Bertz CT molecular complexity index is 399. The maximum atomic E-state index is 5.79. The van der Waals surface area contributed by atoms with E-state index in [2.05, 4.69) is 30.4 Å². The van der Waals surface area contributed by atoms with Crippen LogP contribution in [0.2, 0.25) is 0 Å². The van der Waals surface area contributed by atoms with Crippen molar-refractivity contribution < 1.29 is 4.74 Å². The number of methoxy groups -OCH3 is 1. The molecule has 0 aromatic heterocycles. The van der Waals surface area contributed by atoms with Gasteiger partial charge < -0.3 is 15.8 Å². The molecule has 0 unspecified atom stereocenters. The second kappa shape index (κ2) is 5.72. The predicted octanol–water partition coefficient (Wildman–Crippen LogP) is 2.09. The molecule has 3 heteroatoms. The summed E-state index contributed by atoms with van der Waals surface area (Å²) in [5.74, 6) is 0.970. The Morgan fingerprint density at radius 1 is 1.39 bits per heavy atom. The van der Waals surface area contributed by atoms with Gasteiger partial charge >= 0.3 is 0 Å². The standard InChI is InChI=1S/C15H24N2O/c1-3-12-4-5-14(18-2)13(8-12)9-17-11-15(10-16)6-7-15/h4-5,8,17H,3,6-7,9-11,16H2,1-2H3. The molecule has 1 aromatic rings. The Kier molecular flexibility index (Phi) is 4.25. The average Bonchev–Trinajstić information content (AvgIpc) is 3.19. The average molecular weight is 248 g/mol. The van der Waals surface area contributed by atoms with E-state index in [0.717, 1.165) is 31.8 Å². The van der Waals surface area contributed by atoms with E-state index < -0.39 is 0 Å². The zero-order valence-electron chi connectivity index (χ0n) is 11.5. The number of hydrogen-bond donors (Lipinski definition) is 2. The van der Waals surface area contributed by atoms with Crippen LogP contribution in [0.3, 0.4) is 0 Å². The van der Waals surface area contributed by atoms with E-state index >= 15 is 0 Å². The van der Waals surface area contributed by atoms with E-state index in [9.17, 15) is 0 Å². The van der Waals surface area contributed by atoms with Gasteiger partial charge in [0.05, 0.1) is 7.11 Å². The Balaban J connectivity index is 1.94. The molecule has 100 valence electrons. The lowest BCUT2D eigenvalue weighted by Crippen LogP contribution is -2.29. The van der Waals surface area contributed by atoms with Gasteiger partial charge in [-0.2, -0.15) is 0 Å². The van der Waals surface area contributed by atoms with Crippen LogP contribution in [0, 0.1) is 5.41 Å². The smallest absolute Gasteiger partial charge is 0.123 e. The van der Waals surface area contributed by atoms with Crippen LogP contribution in [0.25, 0.3) is 0 Å². The molecule has 18 heavy (non-hydrogen) atoms. The molecule has 0 spiro atoms. The Morgan fingerprint density at radius 3 is 2.72 bits per heavy atom. The lowest BCUT2D eigenvalue weighted by atomic mass is 10.1. The van der Waals surface area contributed by atoms with Crippen molar-refractivity contribution in [2.24, 2.45) is 11.1 Å². The minimum atomic E-state index is 0.385. The molecule has 0 bridgehead atoms. The van der Waals surface area contributed by atoms with Gasteiger partial charge in [-0.3, -0.25) is 0 Å². The normalized spacial score (nSPS) is 16.6. The predicted molar refractivity (Wildman–Crippen MR) is 74.8 cm³/mol. The molecular formula is C15H24N2O. The third-order valence-electron chi connectivity index (χ3n) is 3.96. The first-order chi connectivity index (χ1) is 8.73. The second-order valence-electron chi connectivity index (χ2n) is 5.31. The first-order valence-corrected chi connectivity index (χ1v) is 6.79. The molecule has 0 heterocycles. The van der Waals surface area contributed by atoms with Crippen LogP contribution in [-0.2, 0) is 13.0 Å². The molecule has 3 N–H and O–H groups in total. The highest BCUT2D eigenvalue weighted by Crippen LogP contribution is 2.43. The summed E-state index contributed by atoms with van der Waals surface area (Å²) in [6.45, 7) is 4.85. The zero-order valence-corrected chi connectivity index (χ0v) is 11.5.